The first-order chi connectivity index (χ1) is 42.5. The molecule has 1 radical (unpaired) electrons. The molecule has 445 valence electrons. The number of benzene rings is 12. The number of phenols is 2. The third-order valence-electron chi connectivity index (χ3n) is 17.0. The molecule has 0 fully saturated rings. The summed E-state index contributed by atoms with van der Waals surface area (Å²) >= 11 is 0. The van der Waals surface area contributed by atoms with Crippen molar-refractivity contribution in [2.45, 2.75) is 98.1 Å². The van der Waals surface area contributed by atoms with Gasteiger partial charge in [-0.15, -0.1) is 0 Å². The van der Waals surface area contributed by atoms with E-state index in [1.54, 1.807) is 0 Å². The van der Waals surface area contributed by atoms with Gasteiger partial charge in [0.2, 0.25) is 0 Å². The van der Waals surface area contributed by atoms with Crippen molar-refractivity contribution in [2.24, 2.45) is 9.98 Å². The number of phenolic OH excluding ortho intramolecular Hbond substituents is 2. The van der Waals surface area contributed by atoms with E-state index in [1.807, 2.05) is 24.6 Å². The summed E-state index contributed by atoms with van der Waals surface area (Å²) < 4.78 is 0. The van der Waals surface area contributed by atoms with Gasteiger partial charge in [-0.1, -0.05) is 274 Å². The second-order valence-electron chi connectivity index (χ2n) is 24.4. The third-order valence-corrected chi connectivity index (χ3v) is 17.0. The number of hydrogen-bond donors (Lipinski definition) is 3. The van der Waals surface area contributed by atoms with Crippen molar-refractivity contribution in [2.75, 3.05) is 0 Å². The largest absolute Gasteiger partial charge is 0.507 e. The van der Waals surface area contributed by atoms with E-state index in [9.17, 15) is 10.2 Å². The Balaban J connectivity index is 0.00000170. The molecule has 7 heteroatoms. The SMILES string of the molecule is CC(=O)O.CC(C)c1cc(C(C)C)cc([C@H](N=Cc2cc3ccccc3c(-c3c(-c4ccccc4)ccc4ccccc34)c2O)[C@@H](N=Cc2cc3ccccc3c(-c3c(-c4ccccc4)ccc4ccccc34)c2O)c2cc(C(C)C)cc(C(C)C)c2)c1.[Mn]. The van der Waals surface area contributed by atoms with Crippen molar-refractivity contribution in [1.82, 2.24) is 0 Å². The number of carboxylic acids is 1. The minimum atomic E-state index is -0.833. The molecule has 0 saturated heterocycles. The predicted octanol–water partition coefficient (Wildman–Crippen LogP) is 22.0. The average molecular weight is 1210 g/mol. The van der Waals surface area contributed by atoms with Gasteiger partial charge in [0.05, 0.1) is 0 Å². The number of carboxylic acid groups (broad SMARTS) is 1. The van der Waals surface area contributed by atoms with Gasteiger partial charge < -0.3 is 15.3 Å². The topological polar surface area (TPSA) is 102 Å². The molecule has 0 heterocycles. The van der Waals surface area contributed by atoms with Gasteiger partial charge in [-0.05, 0) is 135 Å². The molecule has 3 N–H and O–H groups in total. The number of fused-ring (bicyclic) bond motifs is 4. The summed E-state index contributed by atoms with van der Waals surface area (Å²) in [6, 6.07) is 80.2. The van der Waals surface area contributed by atoms with Crippen LogP contribution in [0, 0.1) is 0 Å². The van der Waals surface area contributed by atoms with E-state index in [1.165, 1.54) is 22.3 Å². The molecule has 0 amide bonds. The maximum absolute atomic E-state index is 13.2. The zero-order chi connectivity index (χ0) is 61.8. The Kier molecular flexibility index (Phi) is 19.2. The van der Waals surface area contributed by atoms with E-state index >= 15 is 0 Å². The monoisotopic (exact) mass is 1210 g/mol. The van der Waals surface area contributed by atoms with Crippen LogP contribution in [0.3, 0.4) is 0 Å². The Hall–Kier alpha value is -9.39. The molecule has 0 aromatic heterocycles. The van der Waals surface area contributed by atoms with Crippen LogP contribution in [0.15, 0.2) is 241 Å². The maximum atomic E-state index is 13.2. The van der Waals surface area contributed by atoms with Gasteiger partial charge in [0.1, 0.15) is 23.6 Å². The normalized spacial score (nSPS) is 12.4. The molecule has 12 rings (SSSR count). The Morgan fingerprint density at radius 3 is 0.933 bits per heavy atom. The molecule has 2 atom stereocenters. The second-order valence-corrected chi connectivity index (χ2v) is 24.4. The quantitative estimate of drug-likeness (QED) is 0.0703. The van der Waals surface area contributed by atoms with Crippen LogP contribution in [0.1, 0.15) is 143 Å². The number of carbonyl (C=O) groups is 1. The summed E-state index contributed by atoms with van der Waals surface area (Å²) in [4.78, 5) is 20.6. The van der Waals surface area contributed by atoms with Crippen LogP contribution in [0.4, 0.5) is 0 Å². The van der Waals surface area contributed by atoms with E-state index in [0.29, 0.717) is 11.1 Å². The van der Waals surface area contributed by atoms with Crippen LogP contribution in [0.5, 0.6) is 11.5 Å². The summed E-state index contributed by atoms with van der Waals surface area (Å²) in [7, 11) is 0. The molecule has 0 bridgehead atoms. The third kappa shape index (κ3) is 13.2. The molecule has 0 aliphatic rings. The molecule has 12 aromatic carbocycles. The van der Waals surface area contributed by atoms with Gasteiger partial charge in [0, 0.05) is 69.8 Å². The van der Waals surface area contributed by atoms with E-state index in [4.69, 9.17) is 19.9 Å². The van der Waals surface area contributed by atoms with Crippen LogP contribution >= 0.6 is 0 Å². The number of rotatable bonds is 15. The van der Waals surface area contributed by atoms with Crippen LogP contribution in [-0.2, 0) is 21.9 Å². The first kappa shape index (κ1) is 62.7. The molecule has 0 unspecified atom stereocenters. The summed E-state index contributed by atoms with van der Waals surface area (Å²) in [5.41, 5.74) is 15.8. The molecule has 0 aliphatic heterocycles. The van der Waals surface area contributed by atoms with Crippen molar-refractivity contribution in [3.8, 4) is 56.0 Å². The van der Waals surface area contributed by atoms with Gasteiger partial charge >= 0.3 is 0 Å². The van der Waals surface area contributed by atoms with Gasteiger partial charge in [0.15, 0.2) is 0 Å². The molecule has 0 aliphatic carbocycles. The van der Waals surface area contributed by atoms with Crippen LogP contribution < -0.4 is 0 Å². The van der Waals surface area contributed by atoms with E-state index < -0.39 is 18.1 Å². The number of aliphatic imine (C=N–C) groups is 2. The van der Waals surface area contributed by atoms with E-state index in [0.717, 1.165) is 106 Å². The molecular formula is C82H76MnN2O4. The van der Waals surface area contributed by atoms with Crippen molar-refractivity contribution in [3.63, 3.8) is 0 Å². The molecule has 0 saturated carbocycles. The van der Waals surface area contributed by atoms with E-state index in [2.05, 4.69) is 274 Å². The Morgan fingerprint density at radius 2 is 0.618 bits per heavy atom. The molecule has 6 nitrogen and oxygen atoms in total. The minimum absolute atomic E-state index is 0. The smallest absolute Gasteiger partial charge is 0.300 e. The van der Waals surface area contributed by atoms with Gasteiger partial charge in [0.25, 0.3) is 5.97 Å². The van der Waals surface area contributed by atoms with Crippen LogP contribution in [0.2, 0.25) is 0 Å². The van der Waals surface area contributed by atoms with Crippen LogP contribution in [-0.4, -0.2) is 33.7 Å². The van der Waals surface area contributed by atoms with Gasteiger partial charge in [-0.3, -0.25) is 14.8 Å². The van der Waals surface area contributed by atoms with Crippen LogP contribution in [0.25, 0.3) is 87.6 Å². The van der Waals surface area contributed by atoms with E-state index in [-0.39, 0.29) is 52.2 Å². The number of aromatic hydroxyl groups is 2. The Labute approximate surface area is 534 Å². The summed E-state index contributed by atoms with van der Waals surface area (Å²) in [5, 5.41) is 42.0. The molecule has 89 heavy (non-hydrogen) atoms. The molecule has 12 aromatic rings. The average Bonchev–Trinajstić information content (AvgIpc) is 0.797. The fraction of sp³-hybridized carbons (Fsp3) is 0.183. The van der Waals surface area contributed by atoms with Crippen molar-refractivity contribution >= 4 is 61.5 Å². The minimum Gasteiger partial charge on any atom is -0.507 e. The Bertz CT molecular complexity index is 4260. The second kappa shape index (κ2) is 27.3. The fourth-order valence-electron chi connectivity index (χ4n) is 12.3. The van der Waals surface area contributed by atoms with Gasteiger partial charge in [-0.2, -0.15) is 0 Å². The zero-order valence-corrected chi connectivity index (χ0v) is 53.3. The fourth-order valence-corrected chi connectivity index (χ4v) is 12.3. The Morgan fingerprint density at radius 1 is 0.348 bits per heavy atom. The molecule has 0 spiro atoms. The summed E-state index contributed by atoms with van der Waals surface area (Å²) in [6.45, 7) is 19.1. The number of nitrogens with zero attached hydrogens (tertiary/aromatic N) is 2. The standard InChI is InChI=1S/C80H72N2O2.C2H4O2.Mn/c1-49(2)59-41-60(50(3)4)44-63(43-59)77(81-47-65-39-57-29-17-21-33-69(57)75(79(65)83)73-67-31-19-15-27-55(67)35-37-71(73)53-23-11-9-12-24-53)78(64-45-61(51(5)6)42-62(46-64)52(7)8)82-48-66-40-58-30-18-22-34-70(58)76(80(66)84)74-68-32-20-16-28-56(68)36-38-72(74)54-25-13-10-14-26-54;1-2(3)4;/h9-52,77-78,83-84H,1-8H3;1H3,(H,3,4);/t77-,78-;;/m0../s1. The zero-order valence-electron chi connectivity index (χ0n) is 52.1. The number of aliphatic carboxylic acids is 1. The summed E-state index contributed by atoms with van der Waals surface area (Å²) in [5.74, 6) is 0.426. The maximum Gasteiger partial charge on any atom is 0.300 e. The summed E-state index contributed by atoms with van der Waals surface area (Å²) in [6.07, 6.45) is 3.80. The first-order valence-corrected chi connectivity index (χ1v) is 30.7. The van der Waals surface area contributed by atoms with Gasteiger partial charge in [-0.25, -0.2) is 0 Å². The van der Waals surface area contributed by atoms with Crippen molar-refractivity contribution < 1.29 is 37.2 Å². The van der Waals surface area contributed by atoms with Crippen molar-refractivity contribution in [3.05, 3.63) is 275 Å². The molecular weight excluding hydrogens is 1130 g/mol. The first-order valence-electron chi connectivity index (χ1n) is 30.7. The predicted molar refractivity (Wildman–Crippen MR) is 371 cm³/mol. The number of hydrogen-bond acceptors (Lipinski definition) is 5. The van der Waals surface area contributed by atoms with Crippen molar-refractivity contribution in [1.29, 1.82) is 0 Å².